The van der Waals surface area contributed by atoms with E-state index in [1.54, 1.807) is 7.11 Å². The van der Waals surface area contributed by atoms with E-state index in [0.717, 1.165) is 36.1 Å². The molecule has 1 rings (SSSR count). The molecule has 0 aliphatic rings. The molecule has 1 nitrogen and oxygen atoms in total. The summed E-state index contributed by atoms with van der Waals surface area (Å²) < 4.78 is 5.25. The zero-order valence-corrected chi connectivity index (χ0v) is 11.4. The zero-order valence-electron chi connectivity index (χ0n) is 9.93. The average molecular weight is 271 g/mol. The van der Waals surface area contributed by atoms with Gasteiger partial charge in [0.25, 0.3) is 0 Å². The monoisotopic (exact) mass is 270 g/mol. The lowest BCUT2D eigenvalue weighted by Gasteiger charge is -2.05. The number of hydrogen-bond acceptors (Lipinski definition) is 1. The van der Waals surface area contributed by atoms with E-state index < -0.39 is 0 Å². The van der Waals surface area contributed by atoms with Gasteiger partial charge >= 0.3 is 0 Å². The molecule has 0 aromatic heterocycles. The first-order chi connectivity index (χ1) is 8.31. The molecule has 0 amide bonds. The van der Waals surface area contributed by atoms with Gasteiger partial charge in [0.2, 0.25) is 0 Å². The Hall–Kier alpha value is -0.840. The predicted octanol–water partition coefficient (Wildman–Crippen LogP) is 4.19. The molecule has 0 unspecified atom stereocenters. The van der Waals surface area contributed by atoms with E-state index in [2.05, 4.69) is 11.8 Å². The third-order valence-electron chi connectivity index (χ3n) is 2.35. The molecule has 0 spiro atoms. The van der Waals surface area contributed by atoms with Crippen LogP contribution in [0.3, 0.4) is 0 Å². The average Bonchev–Trinajstić information content (AvgIpc) is 2.38. The van der Waals surface area contributed by atoms with E-state index in [-0.39, 0.29) is 0 Å². The van der Waals surface area contributed by atoms with Crippen LogP contribution >= 0.6 is 23.2 Å². The first-order valence-electron chi connectivity index (χ1n) is 5.59. The van der Waals surface area contributed by atoms with E-state index in [1.165, 1.54) is 0 Å². The Labute approximate surface area is 113 Å². The van der Waals surface area contributed by atoms with Crippen molar-refractivity contribution in [2.24, 2.45) is 0 Å². The summed E-state index contributed by atoms with van der Waals surface area (Å²) in [6.45, 7) is 0. The smallest absolute Gasteiger partial charge is 0.124 e. The molecule has 0 heterocycles. The van der Waals surface area contributed by atoms with Crippen molar-refractivity contribution < 1.29 is 4.74 Å². The molecule has 92 valence electrons. The van der Waals surface area contributed by atoms with Crippen LogP contribution in [0.4, 0.5) is 0 Å². The minimum absolute atomic E-state index is 0.451. The third-order valence-corrected chi connectivity index (χ3v) is 2.90. The first-order valence-corrected chi connectivity index (χ1v) is 6.66. The van der Waals surface area contributed by atoms with Crippen LogP contribution < -0.4 is 4.74 Å². The Kier molecular flexibility index (Phi) is 6.93. The molecule has 0 N–H and O–H groups in total. The van der Waals surface area contributed by atoms with Crippen LogP contribution in [-0.2, 0) is 5.88 Å². The molecule has 0 aliphatic carbocycles. The highest BCUT2D eigenvalue weighted by molar-refractivity contribution is 6.17. The number of halogens is 2. The summed E-state index contributed by atoms with van der Waals surface area (Å²) in [5.74, 6) is 8.20. The van der Waals surface area contributed by atoms with Gasteiger partial charge in [-0.15, -0.1) is 23.2 Å². The van der Waals surface area contributed by atoms with Gasteiger partial charge in [-0.3, -0.25) is 0 Å². The van der Waals surface area contributed by atoms with Crippen molar-refractivity contribution in [3.8, 4) is 17.6 Å². The van der Waals surface area contributed by atoms with Crippen LogP contribution in [0.25, 0.3) is 0 Å². The van der Waals surface area contributed by atoms with Crippen molar-refractivity contribution in [1.82, 2.24) is 0 Å². The fraction of sp³-hybridized carbons (Fsp3) is 0.429. The molecule has 0 radical (unpaired) electrons. The van der Waals surface area contributed by atoms with Crippen LogP contribution in [0.1, 0.15) is 30.4 Å². The lowest BCUT2D eigenvalue weighted by Crippen LogP contribution is -1.90. The second-order valence-corrected chi connectivity index (χ2v) is 4.25. The standard InChI is InChI=1S/C14H16Cl2O/c1-17-14-10-12(7-8-13(14)11-16)6-4-2-3-5-9-15/h7-8,10H,2-3,5,9,11H2,1H3. The molecule has 0 atom stereocenters. The fourth-order valence-corrected chi connectivity index (χ4v) is 1.81. The lowest BCUT2D eigenvalue weighted by molar-refractivity contribution is 0.411. The molecule has 0 fully saturated rings. The zero-order chi connectivity index (χ0) is 12.5. The van der Waals surface area contributed by atoms with Gasteiger partial charge in [-0.25, -0.2) is 0 Å². The van der Waals surface area contributed by atoms with Crippen molar-refractivity contribution >= 4 is 23.2 Å². The maximum Gasteiger partial charge on any atom is 0.124 e. The minimum Gasteiger partial charge on any atom is -0.496 e. The van der Waals surface area contributed by atoms with Crippen molar-refractivity contribution in [2.45, 2.75) is 25.1 Å². The maximum atomic E-state index is 5.80. The summed E-state index contributed by atoms with van der Waals surface area (Å²) in [6.07, 6.45) is 2.95. The van der Waals surface area contributed by atoms with Gasteiger partial charge in [0.15, 0.2) is 0 Å². The highest BCUT2D eigenvalue weighted by atomic mass is 35.5. The number of ether oxygens (including phenoxy) is 1. The van der Waals surface area contributed by atoms with Gasteiger partial charge in [-0.2, -0.15) is 0 Å². The first kappa shape index (κ1) is 14.2. The van der Waals surface area contributed by atoms with Crippen LogP contribution in [-0.4, -0.2) is 13.0 Å². The predicted molar refractivity (Wildman–Crippen MR) is 74.0 cm³/mol. The number of hydrogen-bond donors (Lipinski definition) is 0. The molecule has 0 bridgehead atoms. The molecule has 0 saturated heterocycles. The summed E-state index contributed by atoms with van der Waals surface area (Å²) in [6, 6.07) is 5.84. The molecule has 0 saturated carbocycles. The normalized spacial score (nSPS) is 9.59. The van der Waals surface area contributed by atoms with Crippen LogP contribution in [0.5, 0.6) is 5.75 Å². The van der Waals surface area contributed by atoms with Crippen LogP contribution in [0, 0.1) is 11.8 Å². The molecule has 3 heteroatoms. The third kappa shape index (κ3) is 4.89. The van der Waals surface area contributed by atoms with Gasteiger partial charge < -0.3 is 4.74 Å². The van der Waals surface area contributed by atoms with Gasteiger partial charge in [-0.05, 0) is 25.0 Å². The second-order valence-electron chi connectivity index (χ2n) is 3.61. The quantitative estimate of drug-likeness (QED) is 0.443. The lowest BCUT2D eigenvalue weighted by atomic mass is 10.1. The van der Waals surface area contributed by atoms with Crippen molar-refractivity contribution in [1.29, 1.82) is 0 Å². The second kappa shape index (κ2) is 8.28. The van der Waals surface area contributed by atoms with Crippen molar-refractivity contribution in [3.05, 3.63) is 29.3 Å². The van der Waals surface area contributed by atoms with Gasteiger partial charge in [0.05, 0.1) is 13.0 Å². The Morgan fingerprint density at radius 3 is 2.71 bits per heavy atom. The number of benzene rings is 1. The summed E-state index contributed by atoms with van der Waals surface area (Å²) >= 11 is 11.4. The number of alkyl halides is 2. The molecular formula is C14H16Cl2O. The Bertz CT molecular complexity index is 404. The Balaban J connectivity index is 2.65. The molecule has 1 aromatic rings. The summed E-state index contributed by atoms with van der Waals surface area (Å²) in [5.41, 5.74) is 1.95. The van der Waals surface area contributed by atoms with E-state index >= 15 is 0 Å². The van der Waals surface area contributed by atoms with E-state index in [1.807, 2.05) is 18.2 Å². The highest BCUT2D eigenvalue weighted by Gasteiger charge is 2.01. The van der Waals surface area contributed by atoms with Crippen molar-refractivity contribution in [3.63, 3.8) is 0 Å². The van der Waals surface area contributed by atoms with Gasteiger partial charge in [-0.1, -0.05) is 17.9 Å². The van der Waals surface area contributed by atoms with Crippen molar-refractivity contribution in [2.75, 3.05) is 13.0 Å². The van der Waals surface area contributed by atoms with Gasteiger partial charge in [0.1, 0.15) is 5.75 Å². The Morgan fingerprint density at radius 2 is 2.06 bits per heavy atom. The molecule has 17 heavy (non-hydrogen) atoms. The van der Waals surface area contributed by atoms with E-state index in [0.29, 0.717) is 11.8 Å². The topological polar surface area (TPSA) is 9.23 Å². The van der Waals surface area contributed by atoms with E-state index in [9.17, 15) is 0 Å². The summed E-state index contributed by atoms with van der Waals surface area (Å²) in [7, 11) is 1.64. The summed E-state index contributed by atoms with van der Waals surface area (Å²) in [5, 5.41) is 0. The van der Waals surface area contributed by atoms with Crippen LogP contribution in [0.2, 0.25) is 0 Å². The number of methoxy groups -OCH3 is 1. The number of rotatable bonds is 5. The largest absolute Gasteiger partial charge is 0.496 e. The highest BCUT2D eigenvalue weighted by Crippen LogP contribution is 2.21. The van der Waals surface area contributed by atoms with Gasteiger partial charge in [0, 0.05) is 23.4 Å². The SMILES string of the molecule is COc1cc(C#CCCCCCl)ccc1CCl. The van der Waals surface area contributed by atoms with Crippen LogP contribution in [0.15, 0.2) is 18.2 Å². The minimum atomic E-state index is 0.451. The number of unbranched alkanes of at least 4 members (excludes halogenated alkanes) is 2. The summed E-state index contributed by atoms with van der Waals surface area (Å²) in [4.78, 5) is 0. The molecule has 1 aromatic carbocycles. The molecular weight excluding hydrogens is 255 g/mol. The van der Waals surface area contributed by atoms with E-state index in [4.69, 9.17) is 27.9 Å². The Morgan fingerprint density at radius 1 is 1.24 bits per heavy atom. The molecule has 0 aliphatic heterocycles. The maximum absolute atomic E-state index is 5.80. The fourth-order valence-electron chi connectivity index (χ4n) is 1.41.